The van der Waals surface area contributed by atoms with Gasteiger partial charge in [0.1, 0.15) is 6.61 Å². The zero-order valence-corrected chi connectivity index (χ0v) is 14.4. The highest BCUT2D eigenvalue weighted by molar-refractivity contribution is 7.92. The molecule has 0 saturated carbocycles. The number of carbonyl (C=O) groups excluding carboxylic acids is 2. The first-order valence-electron chi connectivity index (χ1n) is 7.23. The van der Waals surface area contributed by atoms with Gasteiger partial charge in [-0.3, -0.25) is 19.6 Å². The van der Waals surface area contributed by atoms with Crippen molar-refractivity contribution in [1.29, 1.82) is 0 Å². The van der Waals surface area contributed by atoms with E-state index in [1.807, 2.05) is 0 Å². The van der Waals surface area contributed by atoms with Crippen LogP contribution >= 0.6 is 0 Å². The number of Topliss-reactive ketones (excluding diaryl/α,β-unsaturated/α-hetero) is 1. The number of ketones is 1. The van der Waals surface area contributed by atoms with Crippen molar-refractivity contribution in [3.63, 3.8) is 0 Å². The van der Waals surface area contributed by atoms with Gasteiger partial charge in [-0.05, 0) is 25.1 Å². The van der Waals surface area contributed by atoms with Gasteiger partial charge >= 0.3 is 5.97 Å². The molecule has 2 aromatic carbocycles. The Morgan fingerprint density at radius 2 is 1.85 bits per heavy atom. The number of esters is 1. The Kier molecular flexibility index (Phi) is 5.68. The highest BCUT2D eigenvalue weighted by Gasteiger charge is 2.21. The molecule has 0 bridgehead atoms. The molecule has 0 amide bonds. The number of hydrogen-bond donors (Lipinski definition) is 1. The molecule has 0 heterocycles. The number of carbonyl (C=O) groups is 2. The van der Waals surface area contributed by atoms with Crippen molar-refractivity contribution in [2.75, 3.05) is 11.3 Å². The van der Waals surface area contributed by atoms with Gasteiger partial charge in [-0.15, -0.1) is 0 Å². The van der Waals surface area contributed by atoms with Gasteiger partial charge in [0.15, 0.2) is 5.78 Å². The van der Waals surface area contributed by atoms with E-state index in [-0.39, 0.29) is 27.6 Å². The number of nitrogens with zero attached hydrogens (tertiary/aromatic N) is 1. The van der Waals surface area contributed by atoms with Crippen LogP contribution < -0.4 is 4.72 Å². The number of rotatable bonds is 7. The van der Waals surface area contributed by atoms with Crippen molar-refractivity contribution in [3.05, 3.63) is 64.2 Å². The maximum Gasteiger partial charge on any atom is 0.340 e. The van der Waals surface area contributed by atoms with Crippen LogP contribution in [0.5, 0.6) is 0 Å². The fourth-order valence-corrected chi connectivity index (χ4v) is 3.08. The predicted molar refractivity (Wildman–Crippen MR) is 91.3 cm³/mol. The van der Waals surface area contributed by atoms with Crippen LogP contribution in [0.1, 0.15) is 17.3 Å². The lowest BCUT2D eigenvalue weighted by Gasteiger charge is -2.12. The van der Waals surface area contributed by atoms with Gasteiger partial charge in [-0.25, -0.2) is 13.2 Å². The minimum atomic E-state index is -4.19. The first-order valence-corrected chi connectivity index (χ1v) is 8.72. The topological polar surface area (TPSA) is 133 Å². The fourth-order valence-electron chi connectivity index (χ4n) is 1.96. The molecular weight excluding hydrogens is 364 g/mol. The summed E-state index contributed by atoms with van der Waals surface area (Å²) >= 11 is 0. The maximum atomic E-state index is 12.5. The third-order valence-corrected chi connectivity index (χ3v) is 4.50. The molecule has 2 rings (SSSR count). The van der Waals surface area contributed by atoms with Crippen LogP contribution in [0.15, 0.2) is 53.4 Å². The number of anilines is 1. The third kappa shape index (κ3) is 4.63. The van der Waals surface area contributed by atoms with E-state index in [0.717, 1.165) is 12.1 Å². The summed E-state index contributed by atoms with van der Waals surface area (Å²) in [6.07, 6.45) is 0. The normalized spacial score (nSPS) is 10.8. The molecule has 0 unspecified atom stereocenters. The molecule has 0 spiro atoms. The van der Waals surface area contributed by atoms with Crippen LogP contribution in [0.25, 0.3) is 0 Å². The summed E-state index contributed by atoms with van der Waals surface area (Å²) in [6, 6.07) is 10.1. The van der Waals surface area contributed by atoms with Crippen LogP contribution in [0, 0.1) is 10.1 Å². The summed E-state index contributed by atoms with van der Waals surface area (Å²) in [7, 11) is -4.19. The van der Waals surface area contributed by atoms with Crippen molar-refractivity contribution in [2.45, 2.75) is 11.8 Å². The molecular formula is C16H14N2O7S. The first kappa shape index (κ1) is 19.1. The van der Waals surface area contributed by atoms with Gasteiger partial charge < -0.3 is 4.74 Å². The van der Waals surface area contributed by atoms with Crippen molar-refractivity contribution in [3.8, 4) is 0 Å². The number of nitro groups is 1. The van der Waals surface area contributed by atoms with E-state index in [4.69, 9.17) is 4.74 Å². The van der Waals surface area contributed by atoms with Gasteiger partial charge in [0.25, 0.3) is 15.7 Å². The number of para-hydroxylation sites is 1. The van der Waals surface area contributed by atoms with Gasteiger partial charge in [0.05, 0.1) is 21.1 Å². The van der Waals surface area contributed by atoms with Crippen LogP contribution in [-0.2, 0) is 19.6 Å². The first-order chi connectivity index (χ1) is 12.2. The number of benzene rings is 2. The number of hydrogen-bond acceptors (Lipinski definition) is 7. The lowest BCUT2D eigenvalue weighted by Crippen LogP contribution is -2.17. The molecule has 0 aliphatic rings. The Morgan fingerprint density at radius 1 is 1.15 bits per heavy atom. The molecule has 26 heavy (non-hydrogen) atoms. The summed E-state index contributed by atoms with van der Waals surface area (Å²) in [5.41, 5.74) is -0.558. The molecule has 9 nitrogen and oxygen atoms in total. The largest absolute Gasteiger partial charge is 0.454 e. The molecule has 0 aliphatic heterocycles. The van der Waals surface area contributed by atoms with Crippen molar-refractivity contribution < 1.29 is 27.7 Å². The number of ether oxygens (including phenoxy) is 1. The Bertz CT molecular complexity index is 970. The fraction of sp³-hybridized carbons (Fsp3) is 0.125. The van der Waals surface area contributed by atoms with Crippen LogP contribution in [0.2, 0.25) is 0 Å². The molecule has 0 aromatic heterocycles. The Balaban J connectivity index is 2.33. The minimum Gasteiger partial charge on any atom is -0.454 e. The lowest BCUT2D eigenvalue weighted by atomic mass is 10.2. The van der Waals surface area contributed by atoms with Crippen LogP contribution in [-0.4, -0.2) is 31.7 Å². The Morgan fingerprint density at radius 3 is 2.50 bits per heavy atom. The number of nitrogens with one attached hydrogen (secondary N) is 1. The van der Waals surface area contributed by atoms with E-state index >= 15 is 0 Å². The van der Waals surface area contributed by atoms with E-state index in [0.29, 0.717) is 0 Å². The predicted octanol–water partition coefficient (Wildman–Crippen LogP) is 2.14. The lowest BCUT2D eigenvalue weighted by molar-refractivity contribution is -0.385. The highest BCUT2D eigenvalue weighted by Crippen LogP contribution is 2.23. The minimum absolute atomic E-state index is 0.0763. The monoisotopic (exact) mass is 378 g/mol. The van der Waals surface area contributed by atoms with E-state index in [2.05, 4.69) is 4.72 Å². The molecule has 0 atom stereocenters. The van der Waals surface area contributed by atoms with E-state index in [1.54, 1.807) is 0 Å². The average Bonchev–Trinajstić information content (AvgIpc) is 2.60. The van der Waals surface area contributed by atoms with Gasteiger partial charge in [0.2, 0.25) is 0 Å². The second kappa shape index (κ2) is 7.74. The molecule has 0 saturated heterocycles. The smallest absolute Gasteiger partial charge is 0.340 e. The molecule has 136 valence electrons. The number of nitro benzene ring substituents is 1. The molecule has 1 N–H and O–H groups in total. The number of non-ortho nitro benzene ring substituents is 1. The number of sulfonamides is 1. The molecule has 0 aliphatic carbocycles. The van der Waals surface area contributed by atoms with Gasteiger partial charge in [-0.1, -0.05) is 18.2 Å². The summed E-state index contributed by atoms with van der Waals surface area (Å²) in [4.78, 5) is 32.7. The quantitative estimate of drug-likeness (QED) is 0.443. The van der Waals surface area contributed by atoms with E-state index in [9.17, 15) is 28.1 Å². The maximum absolute atomic E-state index is 12.5. The van der Waals surface area contributed by atoms with Crippen LogP contribution in [0.4, 0.5) is 11.4 Å². The Hall–Kier alpha value is -3.27. The average molecular weight is 378 g/mol. The van der Waals surface area contributed by atoms with Crippen molar-refractivity contribution in [1.82, 2.24) is 0 Å². The van der Waals surface area contributed by atoms with E-state index < -0.39 is 27.5 Å². The van der Waals surface area contributed by atoms with Gasteiger partial charge in [-0.2, -0.15) is 0 Å². The second-order valence-electron chi connectivity index (χ2n) is 5.18. The van der Waals surface area contributed by atoms with Gasteiger partial charge in [0, 0.05) is 12.1 Å². The summed E-state index contributed by atoms with van der Waals surface area (Å²) in [6.45, 7) is 0.801. The van der Waals surface area contributed by atoms with Crippen LogP contribution in [0.3, 0.4) is 0 Å². The highest BCUT2D eigenvalue weighted by atomic mass is 32.2. The second-order valence-corrected chi connectivity index (χ2v) is 6.87. The SMILES string of the molecule is CC(=O)COC(=O)c1ccccc1NS(=O)(=O)c1cccc([N+](=O)[O-])c1. The van der Waals surface area contributed by atoms with Crippen molar-refractivity contribution in [2.24, 2.45) is 0 Å². The summed E-state index contributed by atoms with van der Waals surface area (Å²) in [5, 5.41) is 10.8. The zero-order valence-electron chi connectivity index (χ0n) is 13.5. The Labute approximate surface area is 148 Å². The van der Waals surface area contributed by atoms with Crippen molar-refractivity contribution >= 4 is 33.2 Å². The molecule has 0 radical (unpaired) electrons. The molecule has 2 aromatic rings. The summed E-state index contributed by atoms with van der Waals surface area (Å²) < 4.78 is 31.9. The van der Waals surface area contributed by atoms with E-state index in [1.165, 1.54) is 43.3 Å². The zero-order chi connectivity index (χ0) is 19.3. The molecule has 0 fully saturated rings. The standard InChI is InChI=1S/C16H14N2O7S/c1-11(19)10-25-16(20)14-7-2-3-8-15(14)17-26(23,24)13-6-4-5-12(9-13)18(21)22/h2-9,17H,10H2,1H3. The molecule has 10 heteroatoms. The third-order valence-electron chi connectivity index (χ3n) is 3.14. The summed E-state index contributed by atoms with van der Waals surface area (Å²) in [5.74, 6) is -1.24.